The molecule has 9 heteroatoms. The zero-order valence-electron chi connectivity index (χ0n) is 11.0. The van der Waals surface area contributed by atoms with Crippen LogP contribution in [-0.2, 0) is 14.8 Å². The fraction of sp³-hybridized carbons (Fsp3) is 0.583. The third kappa shape index (κ3) is 3.01. The number of sulfonamides is 1. The first-order valence-corrected chi connectivity index (χ1v) is 10.0. The number of nitrogens with one attached hydrogen (secondary N) is 1. The van der Waals surface area contributed by atoms with Crippen LogP contribution in [0, 0.1) is 5.92 Å². The van der Waals surface area contributed by atoms with Crippen LogP contribution in [0.3, 0.4) is 0 Å². The van der Waals surface area contributed by atoms with E-state index in [1.807, 2.05) is 0 Å². The van der Waals surface area contributed by atoms with E-state index in [4.69, 9.17) is 11.6 Å². The number of carbonyl (C=O) groups excluding carboxylic acids is 1. The van der Waals surface area contributed by atoms with E-state index in [0.717, 1.165) is 17.8 Å². The molecule has 0 aromatic carbocycles. The summed E-state index contributed by atoms with van der Waals surface area (Å²) in [6.45, 7) is 0.886. The molecule has 21 heavy (non-hydrogen) atoms. The van der Waals surface area contributed by atoms with E-state index in [9.17, 15) is 13.2 Å². The lowest BCUT2D eigenvalue weighted by atomic mass is 9.86. The van der Waals surface area contributed by atoms with Crippen molar-refractivity contribution in [2.45, 2.75) is 29.5 Å². The zero-order valence-corrected chi connectivity index (χ0v) is 15.0. The lowest BCUT2D eigenvalue weighted by Crippen LogP contribution is -2.54. The lowest BCUT2D eigenvalue weighted by molar-refractivity contribution is -0.124. The number of nitrogens with zero attached hydrogens (tertiary/aromatic N) is 1. The van der Waals surface area contributed by atoms with Gasteiger partial charge in [-0.1, -0.05) is 11.6 Å². The highest BCUT2D eigenvalue weighted by Crippen LogP contribution is 2.37. The second-order valence-electron chi connectivity index (χ2n) is 5.31. The van der Waals surface area contributed by atoms with Crippen LogP contribution in [0.2, 0.25) is 5.02 Å². The van der Waals surface area contributed by atoms with Crippen LogP contribution < -0.4 is 5.32 Å². The van der Waals surface area contributed by atoms with Crippen molar-refractivity contribution < 1.29 is 13.2 Å². The summed E-state index contributed by atoms with van der Waals surface area (Å²) in [5.41, 5.74) is 0. The van der Waals surface area contributed by atoms with Crippen LogP contribution >= 0.6 is 38.9 Å². The highest BCUT2D eigenvalue weighted by atomic mass is 79.9. The van der Waals surface area contributed by atoms with Gasteiger partial charge in [-0.25, -0.2) is 8.42 Å². The Bertz CT molecular complexity index is 657. The van der Waals surface area contributed by atoms with Gasteiger partial charge in [0.25, 0.3) is 10.0 Å². The Balaban J connectivity index is 1.80. The van der Waals surface area contributed by atoms with Gasteiger partial charge in [0.15, 0.2) is 0 Å². The van der Waals surface area contributed by atoms with Crippen molar-refractivity contribution in [1.29, 1.82) is 0 Å². The van der Waals surface area contributed by atoms with Gasteiger partial charge in [0.1, 0.15) is 4.21 Å². The number of rotatable bonds is 2. The summed E-state index contributed by atoms with van der Waals surface area (Å²) in [7, 11) is -3.50. The molecule has 1 aromatic rings. The van der Waals surface area contributed by atoms with Gasteiger partial charge in [0.2, 0.25) is 5.91 Å². The molecule has 2 aliphatic heterocycles. The van der Waals surface area contributed by atoms with Crippen LogP contribution in [0.4, 0.5) is 0 Å². The van der Waals surface area contributed by atoms with E-state index in [2.05, 4.69) is 21.2 Å². The minimum atomic E-state index is -3.50. The number of halogens is 2. The summed E-state index contributed by atoms with van der Waals surface area (Å²) < 4.78 is 27.7. The Kier molecular flexibility index (Phi) is 4.35. The van der Waals surface area contributed by atoms with Crippen LogP contribution in [0.15, 0.2) is 14.1 Å². The van der Waals surface area contributed by atoms with Crippen molar-refractivity contribution in [3.8, 4) is 0 Å². The Labute approximate surface area is 140 Å². The van der Waals surface area contributed by atoms with Crippen LogP contribution in [0.25, 0.3) is 0 Å². The summed E-state index contributed by atoms with van der Waals surface area (Å²) in [5.74, 6) is 0.270. The molecule has 2 unspecified atom stereocenters. The fourth-order valence-electron chi connectivity index (χ4n) is 2.88. The monoisotopic (exact) mass is 412 g/mol. The van der Waals surface area contributed by atoms with Crippen molar-refractivity contribution in [3.63, 3.8) is 0 Å². The minimum Gasteiger partial charge on any atom is -0.353 e. The molecule has 1 N–H and O–H groups in total. The van der Waals surface area contributed by atoms with Gasteiger partial charge in [-0.15, -0.1) is 11.3 Å². The molecular weight excluding hydrogens is 400 g/mol. The molecule has 2 aliphatic rings. The lowest BCUT2D eigenvalue weighted by Gasteiger charge is -2.40. The van der Waals surface area contributed by atoms with Crippen molar-refractivity contribution in [3.05, 3.63) is 14.9 Å². The molecule has 2 atom stereocenters. The summed E-state index contributed by atoms with van der Waals surface area (Å²) in [6.07, 6.45) is 1.89. The molecule has 3 rings (SSSR count). The number of carbonyl (C=O) groups is 1. The predicted molar refractivity (Wildman–Crippen MR) is 85.1 cm³/mol. The molecule has 2 fully saturated rings. The van der Waals surface area contributed by atoms with Gasteiger partial charge in [-0.3, -0.25) is 4.79 Å². The molecule has 1 amide bonds. The van der Waals surface area contributed by atoms with Crippen LogP contribution in [0.1, 0.15) is 19.3 Å². The number of fused-ring (bicyclic) bond motifs is 1. The van der Waals surface area contributed by atoms with Gasteiger partial charge in [-0.05, 0) is 40.8 Å². The second kappa shape index (κ2) is 5.81. The SMILES string of the molecule is O=C1CCC2CN(S(=O)(=O)c3cc(Cl)c(Br)s3)CCC2N1. The third-order valence-electron chi connectivity index (χ3n) is 4.00. The molecule has 5 nitrogen and oxygen atoms in total. The zero-order chi connectivity index (χ0) is 15.2. The molecule has 2 saturated heterocycles. The topological polar surface area (TPSA) is 66.5 Å². The average Bonchev–Trinajstić information content (AvgIpc) is 2.78. The van der Waals surface area contributed by atoms with E-state index in [-0.39, 0.29) is 22.1 Å². The van der Waals surface area contributed by atoms with Gasteiger partial charge in [-0.2, -0.15) is 4.31 Å². The average molecular weight is 414 g/mol. The molecular formula is C12H14BrClN2O3S2. The predicted octanol–water partition coefficient (Wildman–Crippen LogP) is 2.45. The Morgan fingerprint density at radius 1 is 1.43 bits per heavy atom. The first kappa shape index (κ1) is 15.7. The molecule has 116 valence electrons. The molecule has 0 saturated carbocycles. The Morgan fingerprint density at radius 3 is 2.86 bits per heavy atom. The molecule has 1 aromatic heterocycles. The van der Waals surface area contributed by atoms with Crippen molar-refractivity contribution in [2.24, 2.45) is 5.92 Å². The highest BCUT2D eigenvalue weighted by molar-refractivity contribution is 9.11. The van der Waals surface area contributed by atoms with Crippen molar-refractivity contribution in [1.82, 2.24) is 9.62 Å². The highest BCUT2D eigenvalue weighted by Gasteiger charge is 2.38. The van der Waals surface area contributed by atoms with Gasteiger partial charge in [0, 0.05) is 25.6 Å². The summed E-state index contributed by atoms with van der Waals surface area (Å²) in [6, 6.07) is 1.59. The molecule has 0 spiro atoms. The van der Waals surface area contributed by atoms with Gasteiger partial charge >= 0.3 is 0 Å². The Hall–Kier alpha value is -0.150. The number of thiophene rings is 1. The Morgan fingerprint density at radius 2 is 2.19 bits per heavy atom. The largest absolute Gasteiger partial charge is 0.353 e. The number of amides is 1. The summed E-state index contributed by atoms with van der Waals surface area (Å²) >= 11 is 10.3. The molecule has 0 bridgehead atoms. The second-order valence-corrected chi connectivity index (χ2v) is 10.3. The standard InChI is InChI=1S/C12H14BrClN2O3S2/c13-12-8(14)5-11(20-12)21(18,19)16-4-3-9-7(6-16)1-2-10(17)15-9/h5,7,9H,1-4,6H2,(H,15,17). The number of hydrogen-bond donors (Lipinski definition) is 1. The van der Waals surface area contributed by atoms with Crippen molar-refractivity contribution in [2.75, 3.05) is 13.1 Å². The quantitative estimate of drug-likeness (QED) is 0.810. The van der Waals surface area contributed by atoms with E-state index >= 15 is 0 Å². The summed E-state index contributed by atoms with van der Waals surface area (Å²) in [4.78, 5) is 11.4. The van der Waals surface area contributed by atoms with Gasteiger partial charge < -0.3 is 5.32 Å². The number of piperidine rings is 2. The molecule has 0 aliphatic carbocycles. The fourth-order valence-corrected chi connectivity index (χ4v) is 6.94. The maximum Gasteiger partial charge on any atom is 0.252 e. The van der Waals surface area contributed by atoms with Crippen molar-refractivity contribution >= 4 is 54.8 Å². The maximum absolute atomic E-state index is 12.7. The van der Waals surface area contributed by atoms with Gasteiger partial charge in [0.05, 0.1) is 8.81 Å². The van der Waals surface area contributed by atoms with Crippen LogP contribution in [0.5, 0.6) is 0 Å². The molecule has 0 radical (unpaired) electrons. The first-order valence-electron chi connectivity index (χ1n) is 6.62. The normalized spacial score (nSPS) is 27.2. The van der Waals surface area contributed by atoms with Crippen LogP contribution in [-0.4, -0.2) is 37.8 Å². The first-order chi connectivity index (χ1) is 9.88. The number of hydrogen-bond acceptors (Lipinski definition) is 4. The van der Waals surface area contributed by atoms with E-state index in [1.165, 1.54) is 10.4 Å². The van der Waals surface area contributed by atoms with E-state index in [0.29, 0.717) is 34.7 Å². The maximum atomic E-state index is 12.7. The molecule has 3 heterocycles. The minimum absolute atomic E-state index is 0.0709. The summed E-state index contributed by atoms with van der Waals surface area (Å²) in [5, 5.41) is 3.37. The van der Waals surface area contributed by atoms with E-state index in [1.54, 1.807) is 0 Å². The van der Waals surface area contributed by atoms with E-state index < -0.39 is 10.0 Å². The third-order valence-corrected chi connectivity index (χ3v) is 8.79. The smallest absolute Gasteiger partial charge is 0.252 e.